The van der Waals surface area contributed by atoms with E-state index in [0.29, 0.717) is 33.8 Å². The number of sulfonamides is 1. The van der Waals surface area contributed by atoms with Crippen molar-refractivity contribution in [1.82, 2.24) is 20.2 Å². The molecule has 0 amide bonds. The first-order valence-electron chi connectivity index (χ1n) is 10.1. The van der Waals surface area contributed by atoms with E-state index in [1.807, 2.05) is 52.0 Å². The fourth-order valence-corrected chi connectivity index (χ4v) is 5.70. The molecule has 164 valence electrons. The number of nitrogens with one attached hydrogen (secondary N) is 2. The number of nitrogens with zero attached hydrogens (tertiary/aromatic N) is 3. The van der Waals surface area contributed by atoms with Gasteiger partial charge in [-0.25, -0.2) is 23.5 Å². The minimum Gasteiger partial charge on any atom is -0.323 e. The van der Waals surface area contributed by atoms with Crippen molar-refractivity contribution >= 4 is 39.1 Å². The van der Waals surface area contributed by atoms with Crippen LogP contribution in [0, 0.1) is 0 Å². The lowest BCUT2D eigenvalue weighted by molar-refractivity contribution is 0.568. The Balaban J connectivity index is 1.75. The second kappa shape index (κ2) is 7.85. The third-order valence-corrected chi connectivity index (χ3v) is 7.62. The molecule has 8 nitrogen and oxygen atoms in total. The third-order valence-electron chi connectivity index (χ3n) is 5.01. The minimum atomic E-state index is -3.86. The standard InChI is InChI=1S/C21H26N6O2S2/c1-5-6-13-11-23-19(16-9-14(21(2,3)4)20(30-16)31(22,28)29)25-18(13)24-17-10-15(26-27-17)12-7-8-12/h5-6,9-12H,7-8H2,1-4H3,(H2,22,28,29)(H2,23,24,25,26,27). The summed E-state index contributed by atoms with van der Waals surface area (Å²) in [5, 5.41) is 16.2. The molecule has 31 heavy (non-hydrogen) atoms. The average Bonchev–Trinajstić information content (AvgIpc) is 3.23. The summed E-state index contributed by atoms with van der Waals surface area (Å²) in [6, 6.07) is 3.82. The first-order chi connectivity index (χ1) is 14.6. The molecule has 10 heteroatoms. The van der Waals surface area contributed by atoms with Crippen LogP contribution in [-0.2, 0) is 15.4 Å². The number of thiophene rings is 1. The second-order valence-corrected chi connectivity index (χ2v) is 11.5. The van der Waals surface area contributed by atoms with Crippen molar-refractivity contribution in [2.75, 3.05) is 5.32 Å². The van der Waals surface area contributed by atoms with Gasteiger partial charge in [0.25, 0.3) is 0 Å². The van der Waals surface area contributed by atoms with Gasteiger partial charge in [0, 0.05) is 29.4 Å². The predicted molar refractivity (Wildman–Crippen MR) is 124 cm³/mol. The summed E-state index contributed by atoms with van der Waals surface area (Å²) in [7, 11) is -3.86. The highest BCUT2D eigenvalue weighted by molar-refractivity contribution is 7.91. The van der Waals surface area contributed by atoms with Gasteiger partial charge in [-0.15, -0.1) is 11.3 Å². The highest BCUT2D eigenvalue weighted by Crippen LogP contribution is 2.41. The molecule has 1 saturated carbocycles. The van der Waals surface area contributed by atoms with Crippen molar-refractivity contribution < 1.29 is 8.42 Å². The third kappa shape index (κ3) is 4.70. The van der Waals surface area contributed by atoms with Gasteiger partial charge < -0.3 is 5.32 Å². The number of H-pyrrole nitrogens is 1. The molecule has 0 atom stereocenters. The number of primary sulfonamides is 1. The van der Waals surface area contributed by atoms with E-state index in [2.05, 4.69) is 20.5 Å². The summed E-state index contributed by atoms with van der Waals surface area (Å²) >= 11 is 1.09. The monoisotopic (exact) mass is 458 g/mol. The highest BCUT2D eigenvalue weighted by atomic mass is 32.2. The van der Waals surface area contributed by atoms with E-state index in [1.165, 1.54) is 12.8 Å². The topological polar surface area (TPSA) is 127 Å². The van der Waals surface area contributed by atoms with Crippen molar-refractivity contribution in [2.45, 2.75) is 56.1 Å². The van der Waals surface area contributed by atoms with Crippen LogP contribution in [0.2, 0.25) is 0 Å². The number of aromatic nitrogens is 4. The van der Waals surface area contributed by atoms with Crippen LogP contribution >= 0.6 is 11.3 Å². The van der Waals surface area contributed by atoms with E-state index >= 15 is 0 Å². The maximum absolute atomic E-state index is 12.2. The SMILES string of the molecule is CC=Cc1cnc(-c2cc(C(C)(C)C)c(S(N)(=O)=O)s2)nc1Nc1cc(C2CC2)[nH]n1. The van der Waals surface area contributed by atoms with Crippen molar-refractivity contribution in [3.8, 4) is 10.7 Å². The zero-order valence-corrected chi connectivity index (χ0v) is 19.6. The number of hydrogen-bond acceptors (Lipinski definition) is 7. The number of anilines is 2. The van der Waals surface area contributed by atoms with Crippen LogP contribution < -0.4 is 10.5 Å². The lowest BCUT2D eigenvalue weighted by Crippen LogP contribution is -2.18. The number of rotatable bonds is 6. The van der Waals surface area contributed by atoms with Crippen molar-refractivity contribution in [3.05, 3.63) is 41.2 Å². The largest absolute Gasteiger partial charge is 0.323 e. The maximum atomic E-state index is 12.2. The zero-order valence-electron chi connectivity index (χ0n) is 17.9. The first-order valence-corrected chi connectivity index (χ1v) is 12.4. The van der Waals surface area contributed by atoms with Gasteiger partial charge in [-0.2, -0.15) is 5.10 Å². The van der Waals surface area contributed by atoms with Gasteiger partial charge in [0.2, 0.25) is 10.0 Å². The van der Waals surface area contributed by atoms with Gasteiger partial charge in [0.1, 0.15) is 10.0 Å². The highest BCUT2D eigenvalue weighted by Gasteiger charge is 2.28. The number of aromatic amines is 1. The Morgan fingerprint density at radius 1 is 1.29 bits per heavy atom. The van der Waals surface area contributed by atoms with Crippen LogP contribution in [0.5, 0.6) is 0 Å². The Morgan fingerprint density at radius 2 is 2.03 bits per heavy atom. The quantitative estimate of drug-likeness (QED) is 0.498. The molecular weight excluding hydrogens is 432 g/mol. The summed E-state index contributed by atoms with van der Waals surface area (Å²) in [5.74, 6) is 2.28. The molecule has 0 bridgehead atoms. The molecule has 1 aliphatic rings. The van der Waals surface area contributed by atoms with Gasteiger partial charge in [-0.3, -0.25) is 5.10 Å². The lowest BCUT2D eigenvalue weighted by atomic mass is 9.89. The molecule has 0 aromatic carbocycles. The van der Waals surface area contributed by atoms with Gasteiger partial charge in [-0.05, 0) is 36.8 Å². The summed E-state index contributed by atoms with van der Waals surface area (Å²) < 4.78 is 24.5. The lowest BCUT2D eigenvalue weighted by Gasteiger charge is -2.18. The van der Waals surface area contributed by atoms with Gasteiger partial charge in [0.05, 0.1) is 4.88 Å². The molecule has 0 aliphatic heterocycles. The van der Waals surface area contributed by atoms with Gasteiger partial charge >= 0.3 is 0 Å². The van der Waals surface area contributed by atoms with Gasteiger partial charge in [-0.1, -0.05) is 32.9 Å². The second-order valence-electron chi connectivity index (χ2n) is 8.71. The molecule has 1 fully saturated rings. The molecule has 0 radical (unpaired) electrons. The van der Waals surface area contributed by atoms with E-state index in [-0.39, 0.29) is 4.21 Å². The van der Waals surface area contributed by atoms with Crippen molar-refractivity contribution in [1.29, 1.82) is 0 Å². The van der Waals surface area contributed by atoms with Crippen LogP contribution in [0.4, 0.5) is 11.6 Å². The molecule has 4 rings (SSSR count). The van der Waals surface area contributed by atoms with Crippen LogP contribution in [0.3, 0.4) is 0 Å². The molecule has 0 unspecified atom stereocenters. The maximum Gasteiger partial charge on any atom is 0.247 e. The molecule has 0 saturated heterocycles. The fourth-order valence-electron chi connectivity index (χ4n) is 3.26. The normalized spacial score (nSPS) is 15.0. The minimum absolute atomic E-state index is 0.145. The van der Waals surface area contributed by atoms with Crippen molar-refractivity contribution in [2.24, 2.45) is 5.14 Å². The van der Waals surface area contributed by atoms with E-state index < -0.39 is 15.4 Å². The van der Waals surface area contributed by atoms with Gasteiger partial charge in [0.15, 0.2) is 11.6 Å². The number of nitrogens with two attached hydrogens (primary N) is 1. The fraction of sp³-hybridized carbons (Fsp3) is 0.381. The van der Waals surface area contributed by atoms with Crippen molar-refractivity contribution in [3.63, 3.8) is 0 Å². The first kappa shape index (κ1) is 21.7. The van der Waals surface area contributed by atoms with Crippen LogP contribution in [0.15, 0.2) is 28.6 Å². The average molecular weight is 459 g/mol. The van der Waals surface area contributed by atoms with E-state index in [4.69, 9.17) is 10.1 Å². The van der Waals surface area contributed by atoms with Crippen LogP contribution in [0.25, 0.3) is 16.8 Å². The molecule has 3 aromatic heterocycles. The van der Waals surface area contributed by atoms with E-state index in [1.54, 1.807) is 6.20 Å². The van der Waals surface area contributed by atoms with E-state index in [9.17, 15) is 8.42 Å². The smallest absolute Gasteiger partial charge is 0.247 e. The van der Waals surface area contributed by atoms with Crippen LogP contribution in [-0.4, -0.2) is 28.6 Å². The Bertz CT molecular complexity index is 1250. The molecule has 3 aromatic rings. The Labute approximate surface area is 186 Å². The zero-order chi connectivity index (χ0) is 22.4. The molecule has 0 spiro atoms. The summed E-state index contributed by atoms with van der Waals surface area (Å²) in [6.45, 7) is 7.77. The summed E-state index contributed by atoms with van der Waals surface area (Å²) in [6.07, 6.45) is 7.90. The Kier molecular flexibility index (Phi) is 5.48. The van der Waals surface area contributed by atoms with E-state index in [0.717, 1.165) is 22.6 Å². The molecular formula is C21H26N6O2S2. The number of allylic oxidation sites excluding steroid dienone is 1. The molecule has 1 aliphatic carbocycles. The summed E-state index contributed by atoms with van der Waals surface area (Å²) in [5.41, 5.74) is 2.19. The number of hydrogen-bond donors (Lipinski definition) is 3. The summed E-state index contributed by atoms with van der Waals surface area (Å²) in [4.78, 5) is 9.81. The Hall–Kier alpha value is -2.56. The predicted octanol–water partition coefficient (Wildman–Crippen LogP) is 4.53. The van der Waals surface area contributed by atoms with Crippen LogP contribution in [0.1, 0.15) is 63.3 Å². The molecule has 3 heterocycles. The molecule has 4 N–H and O–H groups in total. The Morgan fingerprint density at radius 3 is 2.61 bits per heavy atom.